The van der Waals surface area contributed by atoms with Crippen LogP contribution in [0.1, 0.15) is 19.4 Å². The fourth-order valence-corrected chi connectivity index (χ4v) is 1.67. The molecule has 1 aromatic rings. The molecule has 0 aliphatic rings. The van der Waals surface area contributed by atoms with Crippen molar-refractivity contribution in [1.29, 1.82) is 0 Å². The molecule has 0 radical (unpaired) electrons. The summed E-state index contributed by atoms with van der Waals surface area (Å²) >= 11 is 5.09. The second-order valence-corrected chi connectivity index (χ2v) is 3.42. The lowest BCUT2D eigenvalue weighted by Gasteiger charge is -2.10. The van der Waals surface area contributed by atoms with Gasteiger partial charge in [-0.2, -0.15) is 0 Å². The van der Waals surface area contributed by atoms with Crippen molar-refractivity contribution in [2.24, 2.45) is 0 Å². The summed E-state index contributed by atoms with van der Waals surface area (Å²) in [5, 5.41) is 9.91. The first kappa shape index (κ1) is 11.7. The molecule has 0 aliphatic carbocycles. The van der Waals surface area contributed by atoms with Gasteiger partial charge in [-0.05, 0) is 31.6 Å². The van der Waals surface area contributed by atoms with Gasteiger partial charge in [-0.1, -0.05) is 30.3 Å². The van der Waals surface area contributed by atoms with Gasteiger partial charge < -0.3 is 9.84 Å². The van der Waals surface area contributed by atoms with Crippen LogP contribution >= 0.6 is 12.2 Å². The van der Waals surface area contributed by atoms with Gasteiger partial charge in [-0.3, -0.25) is 0 Å². The Morgan fingerprint density at radius 2 is 1.93 bits per heavy atom. The number of aliphatic hydroxyl groups excluding tert-OH is 1. The molecular weight excluding hydrogens is 208 g/mol. The summed E-state index contributed by atoms with van der Waals surface area (Å²) in [6.45, 7) is 3.97. The third-order valence-corrected chi connectivity index (χ3v) is 2.23. The Labute approximate surface area is 95.2 Å². The first-order valence-corrected chi connectivity index (χ1v) is 5.20. The molecule has 3 heteroatoms. The van der Waals surface area contributed by atoms with Crippen molar-refractivity contribution in [1.82, 2.24) is 0 Å². The number of hydrogen-bond donors (Lipinski definition) is 1. The Morgan fingerprint density at radius 3 is 2.40 bits per heavy atom. The largest absolute Gasteiger partial charge is 0.512 e. The highest BCUT2D eigenvalue weighted by Gasteiger charge is 2.11. The molecule has 15 heavy (non-hydrogen) atoms. The lowest BCUT2D eigenvalue weighted by Crippen LogP contribution is -2.06. The number of allylic oxidation sites excluding steroid dienone is 1. The molecular formula is C12H14O2S. The average molecular weight is 222 g/mol. The van der Waals surface area contributed by atoms with Crippen LogP contribution in [0.25, 0.3) is 5.57 Å². The second kappa shape index (κ2) is 5.51. The van der Waals surface area contributed by atoms with Gasteiger partial charge in [0.05, 0.1) is 12.2 Å². The van der Waals surface area contributed by atoms with Crippen LogP contribution < -0.4 is 0 Å². The third kappa shape index (κ3) is 3.06. The molecule has 0 spiro atoms. The summed E-state index contributed by atoms with van der Waals surface area (Å²) in [5.41, 5.74) is 1.46. The molecule has 0 amide bonds. The minimum absolute atomic E-state index is 0.180. The monoisotopic (exact) mass is 222 g/mol. The zero-order valence-electron chi connectivity index (χ0n) is 8.86. The molecule has 0 saturated carbocycles. The second-order valence-electron chi connectivity index (χ2n) is 3.05. The maximum absolute atomic E-state index is 9.57. The number of rotatable bonds is 3. The van der Waals surface area contributed by atoms with Gasteiger partial charge >= 0.3 is 0 Å². The van der Waals surface area contributed by atoms with E-state index in [1.54, 1.807) is 6.92 Å². The summed E-state index contributed by atoms with van der Waals surface area (Å²) in [7, 11) is 0. The topological polar surface area (TPSA) is 29.5 Å². The molecule has 0 aliphatic heterocycles. The molecule has 1 aromatic carbocycles. The molecule has 0 bridgehead atoms. The van der Waals surface area contributed by atoms with Crippen LogP contribution in [0.3, 0.4) is 0 Å². The maximum atomic E-state index is 9.57. The Bertz CT molecular complexity index is 364. The summed E-state index contributed by atoms with van der Waals surface area (Å²) in [6, 6.07) is 9.48. The third-order valence-electron chi connectivity index (χ3n) is 1.90. The molecule has 1 rings (SSSR count). The highest BCUT2D eigenvalue weighted by atomic mass is 32.1. The fourth-order valence-electron chi connectivity index (χ4n) is 1.28. The van der Waals surface area contributed by atoms with E-state index in [0.29, 0.717) is 17.2 Å². The average Bonchev–Trinajstić information content (AvgIpc) is 2.19. The molecule has 1 N–H and O–H groups in total. The number of hydrogen-bond acceptors (Lipinski definition) is 3. The molecule has 0 heterocycles. The molecule has 0 saturated heterocycles. The Balaban J connectivity index is 3.06. The van der Waals surface area contributed by atoms with Crippen LogP contribution in [0.15, 0.2) is 36.1 Å². The summed E-state index contributed by atoms with van der Waals surface area (Å²) in [5.74, 6) is 0.180. The zero-order valence-corrected chi connectivity index (χ0v) is 9.67. The van der Waals surface area contributed by atoms with E-state index in [1.807, 2.05) is 37.3 Å². The van der Waals surface area contributed by atoms with Crippen LogP contribution in [0.4, 0.5) is 0 Å². The summed E-state index contributed by atoms with van der Waals surface area (Å²) in [4.78, 5) is 0. The molecule has 0 atom stereocenters. The quantitative estimate of drug-likeness (QED) is 0.483. The minimum atomic E-state index is 0.180. The van der Waals surface area contributed by atoms with Gasteiger partial charge in [0.2, 0.25) is 0 Å². The van der Waals surface area contributed by atoms with E-state index in [2.05, 4.69) is 0 Å². The smallest absolute Gasteiger partial charge is 0.195 e. The zero-order chi connectivity index (χ0) is 11.3. The molecule has 0 aromatic heterocycles. The molecule has 2 nitrogen and oxygen atoms in total. The fraction of sp³-hybridized carbons (Fsp3) is 0.250. The van der Waals surface area contributed by atoms with E-state index >= 15 is 0 Å². The van der Waals surface area contributed by atoms with Gasteiger partial charge in [0.1, 0.15) is 5.76 Å². The summed E-state index contributed by atoms with van der Waals surface area (Å²) < 4.78 is 5.23. The number of aliphatic hydroxyl groups is 1. The van der Waals surface area contributed by atoms with Crippen molar-refractivity contribution in [2.75, 3.05) is 6.61 Å². The predicted molar refractivity (Wildman–Crippen MR) is 65.9 cm³/mol. The lowest BCUT2D eigenvalue weighted by molar-refractivity contribution is 0.338. The van der Waals surface area contributed by atoms with Crippen molar-refractivity contribution < 1.29 is 9.84 Å². The van der Waals surface area contributed by atoms with E-state index in [9.17, 15) is 5.11 Å². The van der Waals surface area contributed by atoms with E-state index in [4.69, 9.17) is 17.0 Å². The van der Waals surface area contributed by atoms with Crippen LogP contribution in [-0.4, -0.2) is 16.8 Å². The highest BCUT2D eigenvalue weighted by Crippen LogP contribution is 2.19. The van der Waals surface area contributed by atoms with Gasteiger partial charge in [0, 0.05) is 0 Å². The predicted octanol–water partition coefficient (Wildman–Crippen LogP) is 3.34. The van der Waals surface area contributed by atoms with Crippen molar-refractivity contribution in [3.8, 4) is 0 Å². The van der Waals surface area contributed by atoms with E-state index in [-0.39, 0.29) is 5.76 Å². The van der Waals surface area contributed by atoms with Gasteiger partial charge in [0.15, 0.2) is 5.05 Å². The molecule has 80 valence electrons. The van der Waals surface area contributed by atoms with Crippen LogP contribution in [0.5, 0.6) is 0 Å². The lowest BCUT2D eigenvalue weighted by atomic mass is 10.1. The number of benzene rings is 1. The maximum Gasteiger partial charge on any atom is 0.195 e. The van der Waals surface area contributed by atoms with Gasteiger partial charge in [-0.15, -0.1) is 0 Å². The van der Waals surface area contributed by atoms with Crippen molar-refractivity contribution in [3.63, 3.8) is 0 Å². The standard InChI is InChI=1S/C12H14O2S/c1-3-14-12(15)11(9(2)13)10-7-5-4-6-8-10/h4-8,13H,3H2,1-2H3/b11-9+. The summed E-state index contributed by atoms with van der Waals surface area (Å²) in [6.07, 6.45) is 0. The van der Waals surface area contributed by atoms with Crippen molar-refractivity contribution in [2.45, 2.75) is 13.8 Å². The Morgan fingerprint density at radius 1 is 1.33 bits per heavy atom. The Kier molecular flexibility index (Phi) is 4.31. The SMILES string of the molecule is CCOC(=S)/C(=C(\C)O)c1ccccc1. The van der Waals surface area contributed by atoms with Crippen LogP contribution in [-0.2, 0) is 4.74 Å². The highest BCUT2D eigenvalue weighted by molar-refractivity contribution is 7.81. The van der Waals surface area contributed by atoms with Crippen LogP contribution in [0, 0.1) is 0 Å². The Hall–Kier alpha value is -1.35. The first-order chi connectivity index (χ1) is 7.16. The van der Waals surface area contributed by atoms with Gasteiger partial charge in [-0.25, -0.2) is 0 Å². The van der Waals surface area contributed by atoms with Crippen molar-refractivity contribution >= 4 is 22.8 Å². The molecule has 0 fully saturated rings. The number of thiocarbonyl (C=S) groups is 1. The van der Waals surface area contributed by atoms with Gasteiger partial charge in [0.25, 0.3) is 0 Å². The van der Waals surface area contributed by atoms with Crippen LogP contribution in [0.2, 0.25) is 0 Å². The number of ether oxygens (including phenoxy) is 1. The minimum Gasteiger partial charge on any atom is -0.512 e. The normalized spacial score (nSPS) is 11.9. The van der Waals surface area contributed by atoms with E-state index in [0.717, 1.165) is 5.56 Å². The van der Waals surface area contributed by atoms with Crippen molar-refractivity contribution in [3.05, 3.63) is 41.7 Å². The first-order valence-electron chi connectivity index (χ1n) is 4.79. The van der Waals surface area contributed by atoms with E-state index < -0.39 is 0 Å². The molecule has 0 unspecified atom stereocenters. The van der Waals surface area contributed by atoms with E-state index in [1.165, 1.54) is 0 Å².